The van der Waals surface area contributed by atoms with Gasteiger partial charge in [0.15, 0.2) is 0 Å². The van der Waals surface area contributed by atoms with Crippen molar-refractivity contribution in [2.24, 2.45) is 0 Å². The molecule has 0 aliphatic heterocycles. The summed E-state index contributed by atoms with van der Waals surface area (Å²) in [5.74, 6) is 0. The minimum atomic E-state index is -3.46. The average Bonchev–Trinajstić information content (AvgIpc) is 2.37. The van der Waals surface area contributed by atoms with Crippen LogP contribution in [-0.2, 0) is 21.3 Å². The largest absolute Gasteiger partial charge is 0.383 e. The fourth-order valence-electron chi connectivity index (χ4n) is 1.53. The molecule has 0 saturated carbocycles. The monoisotopic (exact) mass is 272 g/mol. The van der Waals surface area contributed by atoms with Crippen LogP contribution in [0, 0.1) is 0 Å². The second kappa shape index (κ2) is 7.48. The molecular weight excluding hydrogens is 252 g/mol. The van der Waals surface area contributed by atoms with Crippen LogP contribution in [-0.4, -0.2) is 35.2 Å². The first-order chi connectivity index (χ1) is 8.61. The average molecular weight is 272 g/mol. The van der Waals surface area contributed by atoms with Crippen LogP contribution >= 0.6 is 0 Å². The number of hydrogen-bond acceptors (Lipinski definition) is 4. The van der Waals surface area contributed by atoms with Crippen molar-refractivity contribution in [1.29, 1.82) is 0 Å². The van der Waals surface area contributed by atoms with Crippen LogP contribution in [0.25, 0.3) is 0 Å². The van der Waals surface area contributed by atoms with Gasteiger partial charge in [-0.1, -0.05) is 25.1 Å². The summed E-state index contributed by atoms with van der Waals surface area (Å²) < 4.78 is 31.5. The molecule has 0 aliphatic rings. The molecule has 18 heavy (non-hydrogen) atoms. The van der Waals surface area contributed by atoms with E-state index in [2.05, 4.69) is 10.0 Å². The maximum absolute atomic E-state index is 12.1. The molecule has 2 N–H and O–H groups in total. The van der Waals surface area contributed by atoms with Gasteiger partial charge in [-0.15, -0.1) is 0 Å². The second-order valence-electron chi connectivity index (χ2n) is 3.78. The van der Waals surface area contributed by atoms with Crippen molar-refractivity contribution in [3.63, 3.8) is 0 Å². The standard InChI is InChI=1S/C12H20N2O3S/c1-3-13-10-11-6-4-5-7-12(11)18(15,16)14-8-9-17-2/h4-7,13-14H,3,8-10H2,1-2H3. The Labute approximate surface area is 109 Å². The minimum absolute atomic E-state index is 0.272. The number of rotatable bonds is 8. The van der Waals surface area contributed by atoms with Gasteiger partial charge in [0.1, 0.15) is 0 Å². The van der Waals surface area contributed by atoms with Gasteiger partial charge >= 0.3 is 0 Å². The molecule has 5 nitrogen and oxygen atoms in total. The van der Waals surface area contributed by atoms with E-state index in [1.165, 1.54) is 7.11 Å². The van der Waals surface area contributed by atoms with Crippen LogP contribution in [0.5, 0.6) is 0 Å². The van der Waals surface area contributed by atoms with Crippen LogP contribution in [0.3, 0.4) is 0 Å². The zero-order chi connectivity index (χ0) is 13.4. The number of sulfonamides is 1. The van der Waals surface area contributed by atoms with Gasteiger partial charge < -0.3 is 10.1 Å². The van der Waals surface area contributed by atoms with E-state index in [0.717, 1.165) is 12.1 Å². The molecule has 0 heterocycles. The molecule has 1 aromatic carbocycles. The Bertz CT molecular complexity index is 460. The summed E-state index contributed by atoms with van der Waals surface area (Å²) in [6.45, 7) is 3.94. The first-order valence-corrected chi connectivity index (χ1v) is 7.37. The van der Waals surface area contributed by atoms with Gasteiger partial charge in [-0.3, -0.25) is 0 Å². The summed E-state index contributed by atoms with van der Waals surface area (Å²) in [6, 6.07) is 6.98. The number of nitrogens with one attached hydrogen (secondary N) is 2. The minimum Gasteiger partial charge on any atom is -0.383 e. The van der Waals surface area contributed by atoms with E-state index >= 15 is 0 Å². The Hall–Kier alpha value is -0.950. The first kappa shape index (κ1) is 15.1. The van der Waals surface area contributed by atoms with Crippen LogP contribution in [0.15, 0.2) is 29.2 Å². The lowest BCUT2D eigenvalue weighted by Crippen LogP contribution is -2.28. The van der Waals surface area contributed by atoms with Gasteiger partial charge in [0, 0.05) is 20.2 Å². The van der Waals surface area contributed by atoms with E-state index in [1.807, 2.05) is 19.1 Å². The van der Waals surface area contributed by atoms with E-state index in [-0.39, 0.29) is 6.54 Å². The molecule has 0 atom stereocenters. The molecule has 0 radical (unpaired) electrons. The molecule has 0 saturated heterocycles. The van der Waals surface area contributed by atoms with E-state index in [1.54, 1.807) is 12.1 Å². The Morgan fingerprint density at radius 2 is 2.00 bits per heavy atom. The normalized spacial score (nSPS) is 11.7. The molecule has 0 bridgehead atoms. The summed E-state index contributed by atoms with van der Waals surface area (Å²) in [5, 5.41) is 3.13. The molecule has 0 aromatic heterocycles. The van der Waals surface area contributed by atoms with Crippen molar-refractivity contribution in [3.8, 4) is 0 Å². The highest BCUT2D eigenvalue weighted by atomic mass is 32.2. The van der Waals surface area contributed by atoms with Gasteiger partial charge in [-0.2, -0.15) is 0 Å². The van der Waals surface area contributed by atoms with Crippen LogP contribution in [0.1, 0.15) is 12.5 Å². The fraction of sp³-hybridized carbons (Fsp3) is 0.500. The summed E-state index contributed by atoms with van der Waals surface area (Å²) in [6.07, 6.45) is 0. The van der Waals surface area contributed by atoms with Gasteiger partial charge in [0.2, 0.25) is 10.0 Å². The van der Waals surface area contributed by atoms with E-state index in [0.29, 0.717) is 18.0 Å². The Balaban J connectivity index is 2.86. The maximum atomic E-state index is 12.1. The SMILES string of the molecule is CCNCc1ccccc1S(=O)(=O)NCCOC. The van der Waals surface area contributed by atoms with Gasteiger partial charge in [0.25, 0.3) is 0 Å². The quantitative estimate of drug-likeness (QED) is 0.684. The van der Waals surface area contributed by atoms with Gasteiger partial charge in [-0.25, -0.2) is 13.1 Å². The molecule has 0 amide bonds. The van der Waals surface area contributed by atoms with E-state index in [9.17, 15) is 8.42 Å². The highest BCUT2D eigenvalue weighted by Crippen LogP contribution is 2.14. The summed E-state index contributed by atoms with van der Waals surface area (Å²) in [7, 11) is -1.93. The van der Waals surface area contributed by atoms with Crippen molar-refractivity contribution in [2.45, 2.75) is 18.4 Å². The highest BCUT2D eigenvalue weighted by molar-refractivity contribution is 7.89. The molecule has 0 fully saturated rings. The van der Waals surface area contributed by atoms with Crippen LogP contribution in [0.2, 0.25) is 0 Å². The van der Waals surface area contributed by atoms with Crippen molar-refractivity contribution >= 4 is 10.0 Å². The molecule has 102 valence electrons. The zero-order valence-electron chi connectivity index (χ0n) is 10.8. The van der Waals surface area contributed by atoms with Crippen molar-refractivity contribution < 1.29 is 13.2 Å². The van der Waals surface area contributed by atoms with Crippen molar-refractivity contribution in [3.05, 3.63) is 29.8 Å². The number of ether oxygens (including phenoxy) is 1. The van der Waals surface area contributed by atoms with E-state index < -0.39 is 10.0 Å². The summed E-state index contributed by atoms with van der Waals surface area (Å²) >= 11 is 0. The summed E-state index contributed by atoms with van der Waals surface area (Å²) in [4.78, 5) is 0.321. The molecule has 0 spiro atoms. The molecule has 0 unspecified atom stereocenters. The molecule has 1 aromatic rings. The molecule has 1 rings (SSSR count). The molecular formula is C12H20N2O3S. The van der Waals surface area contributed by atoms with E-state index in [4.69, 9.17) is 4.74 Å². The maximum Gasteiger partial charge on any atom is 0.240 e. The lowest BCUT2D eigenvalue weighted by molar-refractivity contribution is 0.204. The van der Waals surface area contributed by atoms with Crippen molar-refractivity contribution in [2.75, 3.05) is 26.8 Å². The second-order valence-corrected chi connectivity index (χ2v) is 5.51. The van der Waals surface area contributed by atoms with Crippen molar-refractivity contribution in [1.82, 2.24) is 10.0 Å². The predicted octanol–water partition coefficient (Wildman–Crippen LogP) is 0.721. The topological polar surface area (TPSA) is 67.4 Å². The third-order valence-corrected chi connectivity index (χ3v) is 3.99. The third kappa shape index (κ3) is 4.38. The number of benzene rings is 1. The Morgan fingerprint density at radius 3 is 2.67 bits per heavy atom. The van der Waals surface area contributed by atoms with Gasteiger partial charge in [-0.05, 0) is 18.2 Å². The highest BCUT2D eigenvalue weighted by Gasteiger charge is 2.16. The molecule has 6 heteroatoms. The third-order valence-electron chi connectivity index (χ3n) is 2.43. The van der Waals surface area contributed by atoms with Gasteiger partial charge in [0.05, 0.1) is 11.5 Å². The zero-order valence-corrected chi connectivity index (χ0v) is 11.6. The number of methoxy groups -OCH3 is 1. The Morgan fingerprint density at radius 1 is 1.28 bits per heavy atom. The number of hydrogen-bond donors (Lipinski definition) is 2. The fourth-order valence-corrected chi connectivity index (χ4v) is 2.78. The lowest BCUT2D eigenvalue weighted by atomic mass is 10.2. The van der Waals surface area contributed by atoms with Crippen LogP contribution < -0.4 is 10.0 Å². The Kier molecular flexibility index (Phi) is 6.28. The predicted molar refractivity (Wildman–Crippen MR) is 70.9 cm³/mol. The lowest BCUT2D eigenvalue weighted by Gasteiger charge is -2.11. The smallest absolute Gasteiger partial charge is 0.240 e. The first-order valence-electron chi connectivity index (χ1n) is 5.89. The summed E-state index contributed by atoms with van der Waals surface area (Å²) in [5.41, 5.74) is 0.768. The van der Waals surface area contributed by atoms with Crippen LogP contribution in [0.4, 0.5) is 0 Å². The molecule has 0 aliphatic carbocycles.